The van der Waals surface area contributed by atoms with E-state index in [1.54, 1.807) is 0 Å². The standard InChI is InChI=1S/C9H13NO4/c1-3-9(10-8(13)14-2)4-6(5-9)7(11)12/h1,6,8,10,13H,4-5H2,2H3,(H,11,12). The van der Waals surface area contributed by atoms with Crippen molar-refractivity contribution in [3.63, 3.8) is 0 Å². The molecule has 1 unspecified atom stereocenters. The van der Waals surface area contributed by atoms with Gasteiger partial charge >= 0.3 is 5.97 Å². The van der Waals surface area contributed by atoms with Crippen LogP contribution in [0.1, 0.15) is 12.8 Å². The third kappa shape index (κ3) is 2.04. The van der Waals surface area contributed by atoms with Crippen LogP contribution >= 0.6 is 0 Å². The first kappa shape index (κ1) is 11.0. The molecule has 14 heavy (non-hydrogen) atoms. The van der Waals surface area contributed by atoms with Crippen molar-refractivity contribution >= 4 is 5.97 Å². The molecular weight excluding hydrogens is 186 g/mol. The van der Waals surface area contributed by atoms with Crippen LogP contribution in [-0.2, 0) is 9.53 Å². The number of hydrogen-bond donors (Lipinski definition) is 3. The SMILES string of the molecule is C#CC1(NC(O)OC)CC(C(=O)O)C1. The number of hydrogen-bond acceptors (Lipinski definition) is 4. The van der Waals surface area contributed by atoms with Gasteiger partial charge in [0.1, 0.15) is 0 Å². The molecule has 0 bridgehead atoms. The molecule has 0 radical (unpaired) electrons. The quantitative estimate of drug-likeness (QED) is 0.415. The Morgan fingerprint density at radius 1 is 1.79 bits per heavy atom. The zero-order valence-corrected chi connectivity index (χ0v) is 7.86. The summed E-state index contributed by atoms with van der Waals surface area (Å²) in [5.41, 5.74) is -0.738. The van der Waals surface area contributed by atoms with Crippen molar-refractivity contribution in [2.75, 3.05) is 7.11 Å². The molecular formula is C9H13NO4. The lowest BCUT2D eigenvalue weighted by atomic mass is 9.69. The number of nitrogens with one attached hydrogen (secondary N) is 1. The Labute approximate surface area is 82.1 Å². The van der Waals surface area contributed by atoms with Gasteiger partial charge in [-0.2, -0.15) is 0 Å². The highest BCUT2D eigenvalue weighted by Gasteiger charge is 2.47. The fraction of sp³-hybridized carbons (Fsp3) is 0.667. The predicted octanol–water partition coefficient (Wildman–Crippen LogP) is -0.635. The first-order valence-electron chi connectivity index (χ1n) is 4.22. The summed E-state index contributed by atoms with van der Waals surface area (Å²) in [6.07, 6.45) is 4.75. The van der Waals surface area contributed by atoms with E-state index < -0.39 is 23.8 Å². The highest BCUT2D eigenvalue weighted by atomic mass is 16.6. The Kier molecular flexibility index (Phi) is 3.11. The van der Waals surface area contributed by atoms with Crippen molar-refractivity contribution in [3.8, 4) is 12.3 Å². The maximum absolute atomic E-state index is 10.6. The average molecular weight is 199 g/mol. The summed E-state index contributed by atoms with van der Waals surface area (Å²) < 4.78 is 4.58. The Morgan fingerprint density at radius 2 is 2.36 bits per heavy atom. The van der Waals surface area contributed by atoms with E-state index in [0.717, 1.165) is 0 Å². The van der Waals surface area contributed by atoms with Crippen LogP contribution in [0, 0.1) is 18.3 Å². The van der Waals surface area contributed by atoms with E-state index in [0.29, 0.717) is 12.8 Å². The van der Waals surface area contributed by atoms with E-state index in [1.807, 2.05) is 0 Å². The number of aliphatic carboxylic acids is 1. The maximum atomic E-state index is 10.6. The summed E-state index contributed by atoms with van der Waals surface area (Å²) in [5.74, 6) is 1.17. The molecule has 0 saturated heterocycles. The van der Waals surface area contributed by atoms with Gasteiger partial charge < -0.3 is 14.9 Å². The first-order valence-corrected chi connectivity index (χ1v) is 4.22. The van der Waals surface area contributed by atoms with Crippen LogP contribution in [0.15, 0.2) is 0 Å². The monoisotopic (exact) mass is 199 g/mol. The lowest BCUT2D eigenvalue weighted by molar-refractivity contribution is -0.152. The maximum Gasteiger partial charge on any atom is 0.306 e. The van der Waals surface area contributed by atoms with Crippen molar-refractivity contribution in [3.05, 3.63) is 0 Å². The summed E-state index contributed by atoms with van der Waals surface area (Å²) in [4.78, 5) is 10.6. The fourth-order valence-corrected chi connectivity index (χ4v) is 1.53. The van der Waals surface area contributed by atoms with Crippen molar-refractivity contribution in [2.45, 2.75) is 24.8 Å². The molecule has 1 atom stereocenters. The van der Waals surface area contributed by atoms with Crippen LogP contribution in [0.4, 0.5) is 0 Å². The summed E-state index contributed by atoms with van der Waals surface area (Å²) in [5, 5.41) is 20.4. The summed E-state index contributed by atoms with van der Waals surface area (Å²) in [6.45, 7) is 0. The molecule has 5 nitrogen and oxygen atoms in total. The van der Waals surface area contributed by atoms with Gasteiger partial charge in [-0.25, -0.2) is 0 Å². The zero-order chi connectivity index (χ0) is 10.8. The number of rotatable bonds is 4. The Morgan fingerprint density at radius 3 is 2.71 bits per heavy atom. The minimum Gasteiger partial charge on any atom is -0.481 e. The minimum absolute atomic E-state index is 0.319. The van der Waals surface area contributed by atoms with E-state index in [2.05, 4.69) is 16.0 Å². The Bertz CT molecular complexity index is 264. The fourth-order valence-electron chi connectivity index (χ4n) is 1.53. The smallest absolute Gasteiger partial charge is 0.306 e. The Hall–Kier alpha value is -1.09. The summed E-state index contributed by atoms with van der Waals surface area (Å²) in [6, 6.07) is 0. The van der Waals surface area contributed by atoms with Gasteiger partial charge in [-0.1, -0.05) is 5.92 Å². The molecule has 3 N–H and O–H groups in total. The molecule has 1 fully saturated rings. The van der Waals surface area contributed by atoms with Gasteiger partial charge in [-0.15, -0.1) is 6.42 Å². The number of methoxy groups -OCH3 is 1. The van der Waals surface area contributed by atoms with E-state index in [-0.39, 0.29) is 0 Å². The van der Waals surface area contributed by atoms with Crippen LogP contribution in [-0.4, -0.2) is 35.2 Å². The summed E-state index contributed by atoms with van der Waals surface area (Å²) >= 11 is 0. The lowest BCUT2D eigenvalue weighted by Crippen LogP contribution is -2.59. The second kappa shape index (κ2) is 3.96. The van der Waals surface area contributed by atoms with Crippen LogP contribution in [0.5, 0.6) is 0 Å². The highest BCUT2D eigenvalue weighted by molar-refractivity contribution is 5.72. The first-order chi connectivity index (χ1) is 6.53. The van der Waals surface area contributed by atoms with Crippen LogP contribution in [0.3, 0.4) is 0 Å². The van der Waals surface area contributed by atoms with Crippen LogP contribution in [0.2, 0.25) is 0 Å². The second-order valence-electron chi connectivity index (χ2n) is 3.40. The number of aliphatic hydroxyl groups is 1. The van der Waals surface area contributed by atoms with E-state index in [9.17, 15) is 4.79 Å². The van der Waals surface area contributed by atoms with Gasteiger partial charge in [0.2, 0.25) is 6.41 Å². The van der Waals surface area contributed by atoms with Crippen LogP contribution in [0.25, 0.3) is 0 Å². The molecule has 1 rings (SSSR count). The molecule has 78 valence electrons. The molecule has 1 aliphatic rings. The van der Waals surface area contributed by atoms with Crippen molar-refractivity contribution in [1.82, 2.24) is 5.32 Å². The predicted molar refractivity (Wildman–Crippen MR) is 48.1 cm³/mol. The van der Waals surface area contributed by atoms with E-state index >= 15 is 0 Å². The molecule has 5 heteroatoms. The second-order valence-corrected chi connectivity index (χ2v) is 3.40. The number of ether oxygens (including phenoxy) is 1. The Balaban J connectivity index is 2.50. The minimum atomic E-state index is -1.15. The van der Waals surface area contributed by atoms with Gasteiger partial charge in [0.05, 0.1) is 11.5 Å². The topological polar surface area (TPSA) is 78.8 Å². The van der Waals surface area contributed by atoms with Gasteiger partial charge in [-0.05, 0) is 12.8 Å². The van der Waals surface area contributed by atoms with E-state index in [1.165, 1.54) is 7.11 Å². The van der Waals surface area contributed by atoms with Crippen molar-refractivity contribution in [2.24, 2.45) is 5.92 Å². The van der Waals surface area contributed by atoms with Crippen molar-refractivity contribution in [1.29, 1.82) is 0 Å². The molecule has 1 aliphatic carbocycles. The number of carboxylic acids is 1. The van der Waals surface area contributed by atoms with Gasteiger partial charge in [0.15, 0.2) is 0 Å². The van der Waals surface area contributed by atoms with Gasteiger partial charge in [0, 0.05) is 7.11 Å². The highest BCUT2D eigenvalue weighted by Crippen LogP contribution is 2.37. The molecule has 0 spiro atoms. The molecule has 0 amide bonds. The van der Waals surface area contributed by atoms with Gasteiger partial charge in [0.25, 0.3) is 0 Å². The van der Waals surface area contributed by atoms with Crippen molar-refractivity contribution < 1.29 is 19.7 Å². The molecule has 0 aromatic carbocycles. The number of carboxylic acid groups (broad SMARTS) is 1. The largest absolute Gasteiger partial charge is 0.481 e. The zero-order valence-electron chi connectivity index (χ0n) is 7.86. The summed E-state index contributed by atoms with van der Waals surface area (Å²) in [7, 11) is 1.33. The normalized spacial score (nSPS) is 32.8. The average Bonchev–Trinajstić information content (AvgIpc) is 2.09. The van der Waals surface area contributed by atoms with Gasteiger partial charge in [-0.3, -0.25) is 10.1 Å². The molecule has 0 aromatic rings. The molecule has 0 heterocycles. The van der Waals surface area contributed by atoms with Crippen LogP contribution < -0.4 is 5.32 Å². The lowest BCUT2D eigenvalue weighted by Gasteiger charge is -2.43. The number of carbonyl (C=O) groups is 1. The third-order valence-corrected chi connectivity index (χ3v) is 2.44. The third-order valence-electron chi connectivity index (χ3n) is 2.44. The van der Waals surface area contributed by atoms with E-state index in [4.69, 9.17) is 16.6 Å². The number of aliphatic hydroxyl groups excluding tert-OH is 1. The number of terminal acetylenes is 1. The molecule has 1 saturated carbocycles. The molecule has 0 aromatic heterocycles. The molecule has 0 aliphatic heterocycles.